The summed E-state index contributed by atoms with van der Waals surface area (Å²) < 4.78 is 66.4. The van der Waals surface area contributed by atoms with Gasteiger partial charge in [-0.25, -0.2) is 21.6 Å². The van der Waals surface area contributed by atoms with E-state index in [9.17, 15) is 31.2 Å². The Morgan fingerprint density at radius 2 is 1.71 bits per heavy atom. The topological polar surface area (TPSA) is 86.8 Å². The van der Waals surface area contributed by atoms with Crippen LogP contribution in [0.4, 0.5) is 18.9 Å². The number of carbonyl (C=O) groups excluding carboxylic acids is 2. The second-order valence-corrected chi connectivity index (χ2v) is 9.63. The molecule has 0 fully saturated rings. The summed E-state index contributed by atoms with van der Waals surface area (Å²) in [6.45, 7) is 3.27. The number of sulfonamides is 1. The fourth-order valence-corrected chi connectivity index (χ4v) is 4.32. The van der Waals surface area contributed by atoms with Gasteiger partial charge in [0.05, 0.1) is 11.9 Å². The van der Waals surface area contributed by atoms with E-state index in [1.165, 1.54) is 30.0 Å². The number of halogens is 3. The van der Waals surface area contributed by atoms with E-state index in [2.05, 4.69) is 5.32 Å². The van der Waals surface area contributed by atoms with E-state index in [4.69, 9.17) is 0 Å². The molecule has 0 heterocycles. The van der Waals surface area contributed by atoms with E-state index in [0.717, 1.165) is 28.8 Å². The lowest BCUT2D eigenvalue weighted by Gasteiger charge is -2.29. The zero-order chi connectivity index (χ0) is 25.5. The lowest BCUT2D eigenvalue weighted by Crippen LogP contribution is -2.47. The fourth-order valence-electron chi connectivity index (χ4n) is 3.36. The third-order valence-electron chi connectivity index (χ3n) is 5.16. The highest BCUT2D eigenvalue weighted by molar-refractivity contribution is 7.92. The molecule has 1 N–H and O–H groups in total. The quantitative estimate of drug-likeness (QED) is 0.515. The van der Waals surface area contributed by atoms with Gasteiger partial charge < -0.3 is 10.2 Å². The summed E-state index contributed by atoms with van der Waals surface area (Å²) in [5.41, 5.74) is 0.152. The van der Waals surface area contributed by atoms with Crippen molar-refractivity contribution in [2.75, 3.05) is 23.7 Å². The van der Waals surface area contributed by atoms with Gasteiger partial charge in [-0.2, -0.15) is 0 Å². The average Bonchev–Trinajstić information content (AvgIpc) is 2.77. The van der Waals surface area contributed by atoms with Crippen LogP contribution in [-0.2, 0) is 26.2 Å². The molecule has 0 bridgehead atoms. The summed E-state index contributed by atoms with van der Waals surface area (Å²) in [6.07, 6.45) is 0.784. The highest BCUT2D eigenvalue weighted by Gasteiger charge is 2.27. The van der Waals surface area contributed by atoms with Crippen molar-refractivity contribution in [3.8, 4) is 0 Å². The fraction of sp³-hybridized carbons (Fsp3) is 0.391. The molecule has 0 aromatic heterocycles. The first-order chi connectivity index (χ1) is 16.0. The maximum Gasteiger partial charge on any atom is 0.242 e. The highest BCUT2D eigenvalue weighted by atomic mass is 32.2. The molecular weight excluding hydrogens is 471 g/mol. The Morgan fingerprint density at radius 1 is 1.03 bits per heavy atom. The van der Waals surface area contributed by atoms with Crippen LogP contribution < -0.4 is 9.62 Å². The Balaban J connectivity index is 2.18. The van der Waals surface area contributed by atoms with Gasteiger partial charge in [-0.05, 0) is 38.5 Å². The normalized spacial score (nSPS) is 12.2. The lowest BCUT2D eigenvalue weighted by molar-refractivity contribution is -0.140. The monoisotopic (exact) mass is 499 g/mol. The van der Waals surface area contributed by atoms with Crippen LogP contribution in [0.5, 0.6) is 0 Å². The summed E-state index contributed by atoms with van der Waals surface area (Å²) in [6, 6.07) is 7.69. The molecule has 1 atom stereocenters. The molecule has 7 nitrogen and oxygen atoms in total. The Morgan fingerprint density at radius 3 is 2.29 bits per heavy atom. The molecule has 186 valence electrons. The third-order valence-corrected chi connectivity index (χ3v) is 6.35. The molecular formula is C23H28F3N3O4S. The summed E-state index contributed by atoms with van der Waals surface area (Å²) in [7, 11) is -3.85. The van der Waals surface area contributed by atoms with Crippen LogP contribution in [0.25, 0.3) is 0 Å². The number of anilines is 1. The molecule has 2 aromatic rings. The van der Waals surface area contributed by atoms with Crippen molar-refractivity contribution in [1.82, 2.24) is 10.2 Å². The molecule has 2 rings (SSSR count). The number of hydrogen-bond acceptors (Lipinski definition) is 4. The van der Waals surface area contributed by atoms with Gasteiger partial charge in [0.2, 0.25) is 21.8 Å². The van der Waals surface area contributed by atoms with Crippen molar-refractivity contribution in [2.24, 2.45) is 0 Å². The van der Waals surface area contributed by atoms with Crippen LogP contribution in [0.1, 0.15) is 32.3 Å². The van der Waals surface area contributed by atoms with Crippen molar-refractivity contribution in [2.45, 2.75) is 39.3 Å². The number of nitrogens with zero attached hydrogens (tertiary/aromatic N) is 2. The molecule has 0 aliphatic rings. The smallest absolute Gasteiger partial charge is 0.242 e. The number of rotatable bonds is 11. The molecule has 34 heavy (non-hydrogen) atoms. The Kier molecular flexibility index (Phi) is 9.48. The van der Waals surface area contributed by atoms with E-state index in [1.54, 1.807) is 13.0 Å². The summed E-state index contributed by atoms with van der Waals surface area (Å²) in [4.78, 5) is 26.6. The Bertz CT molecular complexity index is 1130. The van der Waals surface area contributed by atoms with Crippen LogP contribution in [0.2, 0.25) is 0 Å². The Labute approximate surface area is 197 Å². The molecule has 11 heteroatoms. The average molecular weight is 500 g/mol. The minimum Gasteiger partial charge on any atom is -0.355 e. The summed E-state index contributed by atoms with van der Waals surface area (Å²) in [5.74, 6) is -3.73. The van der Waals surface area contributed by atoms with Gasteiger partial charge in [0, 0.05) is 37.7 Å². The van der Waals surface area contributed by atoms with Crippen LogP contribution >= 0.6 is 0 Å². The SMILES string of the molecule is CCNC(=O)C(C)N(Cc1ccccc1F)C(=O)CCCN(c1ccc(F)c(F)c1)S(C)(=O)=O. The maximum absolute atomic E-state index is 14.2. The second-order valence-electron chi connectivity index (χ2n) is 7.72. The molecule has 0 aliphatic carbocycles. The van der Waals surface area contributed by atoms with Gasteiger partial charge in [-0.15, -0.1) is 0 Å². The highest BCUT2D eigenvalue weighted by Crippen LogP contribution is 2.22. The van der Waals surface area contributed by atoms with E-state index in [-0.39, 0.29) is 37.2 Å². The number of nitrogens with one attached hydrogen (secondary N) is 1. The number of amides is 2. The predicted octanol–water partition coefficient (Wildman–Crippen LogP) is 3.20. The van der Waals surface area contributed by atoms with Gasteiger partial charge in [-0.1, -0.05) is 18.2 Å². The maximum atomic E-state index is 14.2. The molecule has 0 saturated heterocycles. The van der Waals surface area contributed by atoms with E-state index >= 15 is 0 Å². The molecule has 0 radical (unpaired) electrons. The minimum absolute atomic E-state index is 0.0286. The summed E-state index contributed by atoms with van der Waals surface area (Å²) in [5, 5.41) is 2.63. The van der Waals surface area contributed by atoms with Crippen molar-refractivity contribution >= 4 is 27.5 Å². The molecule has 2 amide bonds. The first-order valence-corrected chi connectivity index (χ1v) is 12.5. The van der Waals surface area contributed by atoms with Crippen molar-refractivity contribution in [1.29, 1.82) is 0 Å². The molecule has 2 aromatic carbocycles. The number of benzene rings is 2. The molecule has 0 aliphatic heterocycles. The predicted molar refractivity (Wildman–Crippen MR) is 123 cm³/mol. The number of hydrogen-bond donors (Lipinski definition) is 1. The number of carbonyl (C=O) groups is 2. The summed E-state index contributed by atoms with van der Waals surface area (Å²) >= 11 is 0. The van der Waals surface area contributed by atoms with Gasteiger partial charge in [0.15, 0.2) is 11.6 Å². The van der Waals surface area contributed by atoms with Crippen LogP contribution in [-0.4, -0.2) is 50.5 Å². The first-order valence-electron chi connectivity index (χ1n) is 10.7. The van der Waals surface area contributed by atoms with Crippen LogP contribution in [0.15, 0.2) is 42.5 Å². The van der Waals surface area contributed by atoms with Crippen molar-refractivity contribution < 1.29 is 31.2 Å². The zero-order valence-electron chi connectivity index (χ0n) is 19.2. The lowest BCUT2D eigenvalue weighted by atomic mass is 10.1. The van der Waals surface area contributed by atoms with Gasteiger partial charge in [0.25, 0.3) is 0 Å². The Hall–Kier alpha value is -3.08. The standard InChI is InChI=1S/C23H28F3N3O4S/c1-4-27-23(31)16(2)28(15-17-8-5-6-9-19(17)24)22(30)10-7-13-29(34(3,32)33)18-11-12-20(25)21(26)14-18/h5-6,8-9,11-12,14,16H,4,7,10,13,15H2,1-3H3,(H,27,31). The third kappa shape index (κ3) is 7.21. The molecule has 1 unspecified atom stereocenters. The van der Waals surface area contributed by atoms with E-state index in [0.29, 0.717) is 6.54 Å². The van der Waals surface area contributed by atoms with Gasteiger partial charge in [-0.3, -0.25) is 13.9 Å². The second kappa shape index (κ2) is 11.9. The minimum atomic E-state index is -3.85. The van der Waals surface area contributed by atoms with Gasteiger partial charge >= 0.3 is 0 Å². The van der Waals surface area contributed by atoms with Crippen LogP contribution in [0, 0.1) is 17.5 Å². The van der Waals surface area contributed by atoms with Crippen molar-refractivity contribution in [3.05, 3.63) is 65.5 Å². The van der Waals surface area contributed by atoms with Gasteiger partial charge in [0.1, 0.15) is 11.9 Å². The largest absolute Gasteiger partial charge is 0.355 e. The molecule has 0 saturated carbocycles. The first kappa shape index (κ1) is 27.2. The zero-order valence-corrected chi connectivity index (χ0v) is 20.0. The van der Waals surface area contributed by atoms with E-state index < -0.39 is 45.3 Å². The van der Waals surface area contributed by atoms with Crippen LogP contribution in [0.3, 0.4) is 0 Å². The van der Waals surface area contributed by atoms with Crippen molar-refractivity contribution in [3.63, 3.8) is 0 Å². The number of likely N-dealkylation sites (N-methyl/N-ethyl adjacent to an activating group) is 1. The van der Waals surface area contributed by atoms with E-state index in [1.807, 2.05) is 0 Å². The molecule has 0 spiro atoms.